The minimum absolute atomic E-state index is 0.0406. The Morgan fingerprint density at radius 2 is 1.66 bits per heavy atom. The molecule has 0 N–H and O–H groups in total. The Morgan fingerprint density at radius 1 is 0.906 bits per heavy atom. The van der Waals surface area contributed by atoms with Crippen molar-refractivity contribution >= 4 is 11.6 Å². The van der Waals surface area contributed by atoms with E-state index >= 15 is 0 Å². The molecule has 0 radical (unpaired) electrons. The second-order valence-corrected chi connectivity index (χ2v) is 7.86. The molecule has 4 heterocycles. The Balaban J connectivity index is 1.44. The van der Waals surface area contributed by atoms with E-state index in [0.717, 1.165) is 11.6 Å². The van der Waals surface area contributed by atoms with Crippen LogP contribution in [0.15, 0.2) is 52.9 Å². The van der Waals surface area contributed by atoms with E-state index in [1.807, 2.05) is 12.1 Å². The molecule has 32 heavy (non-hydrogen) atoms. The number of hydrogen-bond acceptors (Lipinski definition) is 5. The number of amides is 1. The zero-order valence-electron chi connectivity index (χ0n) is 16.6. The monoisotopic (exact) mass is 443 g/mol. The number of para-hydroxylation sites is 1. The third kappa shape index (κ3) is 2.57. The summed E-state index contributed by atoms with van der Waals surface area (Å²) in [5.41, 5.74) is 0.857. The van der Waals surface area contributed by atoms with E-state index in [1.165, 1.54) is 11.0 Å². The summed E-state index contributed by atoms with van der Waals surface area (Å²) in [4.78, 5) is 15.3. The summed E-state index contributed by atoms with van der Waals surface area (Å²) in [7, 11) is 0. The number of fused-ring (bicyclic) bond motifs is 5. The lowest BCUT2D eigenvalue weighted by Gasteiger charge is -2.24. The van der Waals surface area contributed by atoms with Crippen molar-refractivity contribution in [2.75, 3.05) is 24.7 Å². The van der Waals surface area contributed by atoms with Gasteiger partial charge >= 0.3 is 6.18 Å². The van der Waals surface area contributed by atoms with Gasteiger partial charge in [0.25, 0.3) is 0 Å². The van der Waals surface area contributed by atoms with Crippen LogP contribution in [0.3, 0.4) is 0 Å². The van der Waals surface area contributed by atoms with Crippen molar-refractivity contribution < 1.29 is 36.6 Å². The van der Waals surface area contributed by atoms with Gasteiger partial charge in [0.05, 0.1) is 6.54 Å². The predicted molar refractivity (Wildman–Crippen MR) is 105 cm³/mol. The SMILES string of the molecule is O=C1N(Cc2ccc(C(F)(F)F)o2)c2ccccc2[C@]12COc1cc3c(cc12)OCCO3. The van der Waals surface area contributed by atoms with Gasteiger partial charge in [-0.25, -0.2) is 0 Å². The second kappa shape index (κ2) is 6.44. The molecule has 0 unspecified atom stereocenters. The van der Waals surface area contributed by atoms with Gasteiger partial charge in [-0.05, 0) is 29.8 Å². The number of alkyl halides is 3. The number of ether oxygens (including phenoxy) is 3. The zero-order chi connectivity index (χ0) is 22.1. The molecule has 1 aromatic heterocycles. The van der Waals surface area contributed by atoms with E-state index < -0.39 is 17.4 Å². The minimum Gasteiger partial charge on any atom is -0.491 e. The molecular formula is C23H16F3NO5. The van der Waals surface area contributed by atoms with Crippen LogP contribution in [0.1, 0.15) is 22.6 Å². The fraction of sp³-hybridized carbons (Fsp3) is 0.261. The van der Waals surface area contributed by atoms with Crippen LogP contribution < -0.4 is 19.1 Å². The highest BCUT2D eigenvalue weighted by Gasteiger charge is 2.57. The van der Waals surface area contributed by atoms with Gasteiger partial charge in [-0.3, -0.25) is 4.79 Å². The molecule has 3 aromatic rings. The van der Waals surface area contributed by atoms with Crippen LogP contribution in [-0.2, 0) is 22.9 Å². The van der Waals surface area contributed by atoms with Crippen molar-refractivity contribution in [2.45, 2.75) is 18.1 Å². The number of furan rings is 1. The average molecular weight is 443 g/mol. The van der Waals surface area contributed by atoms with Gasteiger partial charge in [0.15, 0.2) is 11.5 Å². The number of anilines is 1. The van der Waals surface area contributed by atoms with Crippen LogP contribution in [0.5, 0.6) is 17.2 Å². The molecule has 6 rings (SSSR count). The molecule has 3 aliphatic rings. The van der Waals surface area contributed by atoms with Gasteiger partial charge in [-0.1, -0.05) is 18.2 Å². The molecular weight excluding hydrogens is 427 g/mol. The molecule has 0 saturated heterocycles. The van der Waals surface area contributed by atoms with Crippen LogP contribution in [-0.4, -0.2) is 25.7 Å². The van der Waals surface area contributed by atoms with E-state index in [1.54, 1.807) is 24.3 Å². The number of rotatable bonds is 2. The normalized spacial score (nSPS) is 21.0. The molecule has 164 valence electrons. The molecule has 6 nitrogen and oxygen atoms in total. The third-order valence-electron chi connectivity index (χ3n) is 6.07. The Kier molecular flexibility index (Phi) is 3.84. The summed E-state index contributed by atoms with van der Waals surface area (Å²) in [6.07, 6.45) is -4.59. The number of halogens is 3. The number of carbonyl (C=O) groups excluding carboxylic acids is 1. The highest BCUT2D eigenvalue weighted by Crippen LogP contribution is 2.55. The van der Waals surface area contributed by atoms with Crippen LogP contribution >= 0.6 is 0 Å². The van der Waals surface area contributed by atoms with Gasteiger partial charge in [0.2, 0.25) is 11.7 Å². The summed E-state index contributed by atoms with van der Waals surface area (Å²) in [5.74, 6) is 0.261. The third-order valence-corrected chi connectivity index (χ3v) is 6.07. The fourth-order valence-corrected chi connectivity index (χ4v) is 4.64. The van der Waals surface area contributed by atoms with Gasteiger partial charge in [0, 0.05) is 17.3 Å². The van der Waals surface area contributed by atoms with Gasteiger partial charge in [0.1, 0.15) is 36.7 Å². The maximum atomic E-state index is 13.8. The first-order valence-corrected chi connectivity index (χ1v) is 10.0. The summed E-state index contributed by atoms with van der Waals surface area (Å²) in [6.45, 7) is 0.767. The summed E-state index contributed by atoms with van der Waals surface area (Å²) < 4.78 is 61.1. The molecule has 1 atom stereocenters. The predicted octanol–water partition coefficient (Wildman–Crippen LogP) is 4.29. The zero-order valence-corrected chi connectivity index (χ0v) is 16.6. The molecule has 3 aliphatic heterocycles. The van der Waals surface area contributed by atoms with Crippen LogP contribution in [0, 0.1) is 0 Å². The van der Waals surface area contributed by atoms with Crippen LogP contribution in [0.25, 0.3) is 0 Å². The maximum Gasteiger partial charge on any atom is 0.449 e. The quantitative estimate of drug-likeness (QED) is 0.591. The molecule has 0 bridgehead atoms. The van der Waals surface area contributed by atoms with Crippen molar-refractivity contribution in [3.05, 3.63) is 71.2 Å². The van der Waals surface area contributed by atoms with E-state index in [4.69, 9.17) is 18.6 Å². The Labute approximate surface area is 180 Å². The highest BCUT2D eigenvalue weighted by atomic mass is 19.4. The van der Waals surface area contributed by atoms with Crippen LogP contribution in [0.2, 0.25) is 0 Å². The maximum absolute atomic E-state index is 13.8. The second-order valence-electron chi connectivity index (χ2n) is 7.86. The summed E-state index contributed by atoms with van der Waals surface area (Å²) in [6, 6.07) is 12.8. The molecule has 0 aliphatic carbocycles. The summed E-state index contributed by atoms with van der Waals surface area (Å²) in [5, 5.41) is 0. The standard InChI is InChI=1S/C23H16F3NO5/c24-23(25,26)20-6-5-13(32-20)11-27-16-4-2-1-3-14(16)22(21(27)28)12-31-17-10-19-18(9-15(17)22)29-7-8-30-19/h1-6,9-10H,7-8,11-12H2/t22-/m0/s1. The largest absolute Gasteiger partial charge is 0.491 e. The Bertz CT molecular complexity index is 1250. The minimum atomic E-state index is -4.59. The lowest BCUT2D eigenvalue weighted by Crippen LogP contribution is -2.42. The Morgan fingerprint density at radius 3 is 2.41 bits per heavy atom. The first kappa shape index (κ1) is 19.1. The van der Waals surface area contributed by atoms with E-state index in [0.29, 0.717) is 41.7 Å². The van der Waals surface area contributed by atoms with E-state index in [9.17, 15) is 18.0 Å². The van der Waals surface area contributed by atoms with Gasteiger partial charge < -0.3 is 23.5 Å². The van der Waals surface area contributed by atoms with Crippen molar-refractivity contribution in [1.82, 2.24) is 0 Å². The molecule has 1 amide bonds. The lowest BCUT2D eigenvalue weighted by atomic mass is 9.77. The lowest BCUT2D eigenvalue weighted by molar-refractivity contribution is -0.153. The molecule has 9 heteroatoms. The summed E-state index contributed by atoms with van der Waals surface area (Å²) >= 11 is 0. The van der Waals surface area contributed by atoms with Crippen molar-refractivity contribution in [2.24, 2.45) is 0 Å². The Hall–Kier alpha value is -3.62. The van der Waals surface area contributed by atoms with Crippen molar-refractivity contribution in [3.8, 4) is 17.2 Å². The molecule has 0 saturated carbocycles. The molecule has 0 fully saturated rings. The smallest absolute Gasteiger partial charge is 0.449 e. The first-order chi connectivity index (χ1) is 15.4. The molecule has 2 aromatic carbocycles. The molecule has 1 spiro atoms. The number of hydrogen-bond donors (Lipinski definition) is 0. The van der Waals surface area contributed by atoms with Gasteiger partial charge in [-0.2, -0.15) is 13.2 Å². The average Bonchev–Trinajstić information content (AvgIpc) is 3.46. The van der Waals surface area contributed by atoms with E-state index in [-0.39, 0.29) is 24.8 Å². The van der Waals surface area contributed by atoms with Crippen molar-refractivity contribution in [1.29, 1.82) is 0 Å². The number of nitrogens with zero attached hydrogens (tertiary/aromatic N) is 1. The van der Waals surface area contributed by atoms with Crippen molar-refractivity contribution in [3.63, 3.8) is 0 Å². The highest BCUT2D eigenvalue weighted by molar-refractivity contribution is 6.11. The van der Waals surface area contributed by atoms with Gasteiger partial charge in [-0.15, -0.1) is 0 Å². The fourth-order valence-electron chi connectivity index (χ4n) is 4.64. The number of carbonyl (C=O) groups is 1. The number of benzene rings is 2. The van der Waals surface area contributed by atoms with E-state index in [2.05, 4.69) is 0 Å². The first-order valence-electron chi connectivity index (χ1n) is 10.0. The topological polar surface area (TPSA) is 61.1 Å². The van der Waals surface area contributed by atoms with Crippen LogP contribution in [0.4, 0.5) is 18.9 Å².